The zero-order chi connectivity index (χ0) is 15.2. The number of fused-ring (bicyclic) bond motifs is 1. The zero-order valence-corrected chi connectivity index (χ0v) is 12.4. The second kappa shape index (κ2) is 4.84. The van der Waals surface area contributed by atoms with Crippen LogP contribution < -0.4 is 0 Å². The van der Waals surface area contributed by atoms with Gasteiger partial charge in [-0.2, -0.15) is 18.3 Å². The lowest BCUT2D eigenvalue weighted by Gasteiger charge is -2.12. The second-order valence-corrected chi connectivity index (χ2v) is 5.49. The number of rotatable bonds is 1. The molecular formula is C14H9BrF3N3. The topological polar surface area (TPSA) is 30.2 Å². The van der Waals surface area contributed by atoms with Crippen molar-refractivity contribution in [3.8, 4) is 11.3 Å². The van der Waals surface area contributed by atoms with E-state index in [0.717, 1.165) is 17.7 Å². The van der Waals surface area contributed by atoms with Crippen molar-refractivity contribution in [2.45, 2.75) is 13.1 Å². The van der Waals surface area contributed by atoms with E-state index in [1.54, 1.807) is 6.07 Å². The van der Waals surface area contributed by atoms with Crippen molar-refractivity contribution in [3.05, 3.63) is 52.3 Å². The van der Waals surface area contributed by atoms with Crippen LogP contribution in [0.1, 0.15) is 11.1 Å². The molecule has 0 radical (unpaired) electrons. The van der Waals surface area contributed by atoms with Crippen LogP contribution in [0.4, 0.5) is 13.2 Å². The van der Waals surface area contributed by atoms with Crippen LogP contribution in [0, 0.1) is 6.92 Å². The van der Waals surface area contributed by atoms with Crippen LogP contribution in [0.25, 0.3) is 16.9 Å². The number of nitrogens with zero attached hydrogens (tertiary/aromatic N) is 3. The van der Waals surface area contributed by atoms with Crippen LogP contribution in [0.5, 0.6) is 0 Å². The average Bonchev–Trinajstić information content (AvgIpc) is 2.85. The van der Waals surface area contributed by atoms with Gasteiger partial charge in [-0.25, -0.2) is 9.50 Å². The first kappa shape index (κ1) is 14.1. The molecule has 2 heterocycles. The Morgan fingerprint density at radius 3 is 2.62 bits per heavy atom. The Labute approximate surface area is 126 Å². The van der Waals surface area contributed by atoms with Crippen LogP contribution in [0.3, 0.4) is 0 Å². The maximum absolute atomic E-state index is 12.9. The lowest BCUT2D eigenvalue weighted by atomic mass is 10.1. The Morgan fingerprint density at radius 2 is 1.90 bits per heavy atom. The molecular weight excluding hydrogens is 347 g/mol. The van der Waals surface area contributed by atoms with Crippen molar-refractivity contribution in [3.63, 3.8) is 0 Å². The molecule has 3 nitrogen and oxygen atoms in total. The normalized spacial score (nSPS) is 12.0. The van der Waals surface area contributed by atoms with E-state index >= 15 is 0 Å². The summed E-state index contributed by atoms with van der Waals surface area (Å²) in [6, 6.07) is 7.14. The number of alkyl halides is 3. The molecule has 108 valence electrons. The van der Waals surface area contributed by atoms with Crippen molar-refractivity contribution in [1.82, 2.24) is 14.6 Å². The maximum atomic E-state index is 12.9. The number of aryl methyl sites for hydroxylation is 1. The SMILES string of the molecule is Cc1cc(-c2cc(C(F)(F)F)ccc2Br)n2ncnc2c1. The summed E-state index contributed by atoms with van der Waals surface area (Å²) >= 11 is 3.30. The van der Waals surface area contributed by atoms with Gasteiger partial charge in [0.1, 0.15) is 6.33 Å². The van der Waals surface area contributed by atoms with Crippen molar-refractivity contribution in [1.29, 1.82) is 0 Å². The Hall–Kier alpha value is -1.89. The fourth-order valence-electron chi connectivity index (χ4n) is 2.15. The van der Waals surface area contributed by atoms with Crippen LogP contribution >= 0.6 is 15.9 Å². The molecule has 0 N–H and O–H groups in total. The summed E-state index contributed by atoms with van der Waals surface area (Å²) in [7, 11) is 0. The van der Waals surface area contributed by atoms with Gasteiger partial charge in [0.05, 0.1) is 11.3 Å². The molecule has 0 unspecified atom stereocenters. The van der Waals surface area contributed by atoms with Gasteiger partial charge in [-0.1, -0.05) is 15.9 Å². The number of hydrogen-bond acceptors (Lipinski definition) is 2. The Morgan fingerprint density at radius 1 is 1.14 bits per heavy atom. The molecule has 2 aromatic heterocycles. The van der Waals surface area contributed by atoms with E-state index in [-0.39, 0.29) is 0 Å². The largest absolute Gasteiger partial charge is 0.416 e. The lowest BCUT2D eigenvalue weighted by molar-refractivity contribution is -0.137. The second-order valence-electron chi connectivity index (χ2n) is 4.64. The lowest BCUT2D eigenvalue weighted by Crippen LogP contribution is -2.05. The van der Waals surface area contributed by atoms with Gasteiger partial charge in [-0.05, 0) is 42.8 Å². The first-order valence-corrected chi connectivity index (χ1v) is 6.83. The summed E-state index contributed by atoms with van der Waals surface area (Å²) in [6.45, 7) is 1.86. The van der Waals surface area contributed by atoms with E-state index in [1.807, 2.05) is 13.0 Å². The monoisotopic (exact) mass is 355 g/mol. The van der Waals surface area contributed by atoms with Gasteiger partial charge in [-0.3, -0.25) is 0 Å². The summed E-state index contributed by atoms with van der Waals surface area (Å²) in [5.74, 6) is 0. The molecule has 3 rings (SSSR count). The van der Waals surface area contributed by atoms with Crippen LogP contribution in [0.2, 0.25) is 0 Å². The predicted molar refractivity (Wildman–Crippen MR) is 75.9 cm³/mol. The molecule has 0 saturated carbocycles. The summed E-state index contributed by atoms with van der Waals surface area (Å²) in [5, 5.41) is 4.07. The van der Waals surface area contributed by atoms with Crippen LogP contribution in [-0.2, 0) is 6.18 Å². The molecule has 0 amide bonds. The summed E-state index contributed by atoms with van der Waals surface area (Å²) in [6.07, 6.45) is -3.01. The van der Waals surface area contributed by atoms with Gasteiger partial charge < -0.3 is 0 Å². The molecule has 0 aliphatic heterocycles. The third kappa shape index (κ3) is 2.53. The molecule has 3 aromatic rings. The molecule has 0 fully saturated rings. The Kier molecular flexibility index (Phi) is 3.24. The average molecular weight is 356 g/mol. The van der Waals surface area contributed by atoms with Crippen molar-refractivity contribution in [2.75, 3.05) is 0 Å². The zero-order valence-electron chi connectivity index (χ0n) is 10.8. The van der Waals surface area contributed by atoms with E-state index in [0.29, 0.717) is 21.4 Å². The molecule has 1 aromatic carbocycles. The molecule has 0 spiro atoms. The van der Waals surface area contributed by atoms with Crippen LogP contribution in [-0.4, -0.2) is 14.6 Å². The minimum atomic E-state index is -4.39. The van der Waals surface area contributed by atoms with E-state index in [2.05, 4.69) is 26.0 Å². The minimum absolute atomic E-state index is 0.420. The molecule has 7 heteroatoms. The Bertz CT molecular complexity index is 824. The molecule has 0 aliphatic rings. The summed E-state index contributed by atoms with van der Waals surface area (Å²) in [5.41, 5.74) is 1.77. The number of aromatic nitrogens is 3. The van der Waals surface area contributed by atoms with Gasteiger partial charge in [0.15, 0.2) is 5.65 Å². The van der Waals surface area contributed by atoms with Crippen molar-refractivity contribution in [2.24, 2.45) is 0 Å². The number of hydrogen-bond donors (Lipinski definition) is 0. The highest BCUT2D eigenvalue weighted by Gasteiger charge is 2.31. The summed E-state index contributed by atoms with van der Waals surface area (Å²) < 4.78 is 40.8. The van der Waals surface area contributed by atoms with Gasteiger partial charge in [0.2, 0.25) is 0 Å². The highest BCUT2D eigenvalue weighted by Crippen LogP contribution is 2.36. The summed E-state index contributed by atoms with van der Waals surface area (Å²) in [4.78, 5) is 4.08. The van der Waals surface area contributed by atoms with E-state index in [4.69, 9.17) is 0 Å². The first-order valence-electron chi connectivity index (χ1n) is 6.04. The standard InChI is InChI=1S/C14H9BrF3N3/c1-8-4-12(21-13(5-8)19-7-20-21)10-6-9(14(16,17)18)2-3-11(10)15/h2-7H,1H3. The smallest absolute Gasteiger partial charge is 0.215 e. The number of benzene rings is 1. The highest BCUT2D eigenvalue weighted by molar-refractivity contribution is 9.10. The molecule has 0 atom stereocenters. The maximum Gasteiger partial charge on any atom is 0.416 e. The molecule has 21 heavy (non-hydrogen) atoms. The predicted octanol–water partition coefficient (Wildman–Crippen LogP) is 4.49. The quantitative estimate of drug-likeness (QED) is 0.643. The number of pyridine rings is 1. The first-order chi connectivity index (χ1) is 9.86. The highest BCUT2D eigenvalue weighted by atomic mass is 79.9. The molecule has 0 bridgehead atoms. The fourth-order valence-corrected chi connectivity index (χ4v) is 2.60. The van der Waals surface area contributed by atoms with E-state index in [1.165, 1.54) is 16.9 Å². The minimum Gasteiger partial charge on any atom is -0.215 e. The van der Waals surface area contributed by atoms with E-state index in [9.17, 15) is 13.2 Å². The van der Waals surface area contributed by atoms with Gasteiger partial charge in [0, 0.05) is 10.0 Å². The third-order valence-corrected chi connectivity index (χ3v) is 3.78. The molecule has 0 aliphatic carbocycles. The number of halogens is 4. The van der Waals surface area contributed by atoms with Gasteiger partial charge in [-0.15, -0.1) is 0 Å². The van der Waals surface area contributed by atoms with Gasteiger partial charge in [0.25, 0.3) is 0 Å². The van der Waals surface area contributed by atoms with Crippen molar-refractivity contribution < 1.29 is 13.2 Å². The van der Waals surface area contributed by atoms with E-state index < -0.39 is 11.7 Å². The third-order valence-electron chi connectivity index (χ3n) is 3.09. The Balaban J connectivity index is 2.30. The van der Waals surface area contributed by atoms with Crippen molar-refractivity contribution >= 4 is 21.6 Å². The van der Waals surface area contributed by atoms with Crippen LogP contribution in [0.15, 0.2) is 41.1 Å². The van der Waals surface area contributed by atoms with Gasteiger partial charge >= 0.3 is 6.18 Å². The molecule has 0 saturated heterocycles. The fraction of sp³-hybridized carbons (Fsp3) is 0.143.